The highest BCUT2D eigenvalue weighted by atomic mass is 32.1. The molecule has 0 fully saturated rings. The van der Waals surface area contributed by atoms with Crippen LogP contribution in [0.5, 0.6) is 5.75 Å². The van der Waals surface area contributed by atoms with Gasteiger partial charge in [0, 0.05) is 10.4 Å². The van der Waals surface area contributed by atoms with Crippen molar-refractivity contribution in [3.63, 3.8) is 0 Å². The van der Waals surface area contributed by atoms with Gasteiger partial charge in [0.15, 0.2) is 6.04 Å². The van der Waals surface area contributed by atoms with Crippen LogP contribution < -0.4 is 5.32 Å². The Morgan fingerprint density at radius 1 is 1.30 bits per heavy atom. The van der Waals surface area contributed by atoms with Gasteiger partial charge in [-0.3, -0.25) is 4.79 Å². The van der Waals surface area contributed by atoms with Gasteiger partial charge in [0.25, 0.3) is 5.91 Å². The number of aromatic hydroxyl groups is 1. The molecule has 0 saturated carbocycles. The number of carbonyl (C=O) groups is 2. The topological polar surface area (TPSA) is 86.6 Å². The van der Waals surface area contributed by atoms with Crippen LogP contribution in [-0.4, -0.2) is 22.1 Å². The molecule has 0 aliphatic heterocycles. The molecule has 0 spiro atoms. The monoisotopic (exact) mass is 291 g/mol. The molecule has 1 aromatic carbocycles. The van der Waals surface area contributed by atoms with E-state index in [-0.39, 0.29) is 5.75 Å². The number of phenolic OH excluding ortho intramolecular Hbond substituents is 1. The van der Waals surface area contributed by atoms with Crippen LogP contribution in [0.15, 0.2) is 35.7 Å². The summed E-state index contributed by atoms with van der Waals surface area (Å²) in [6, 6.07) is 6.68. The SMILES string of the molecule is Cc1cc(C(=O)NC(C(=O)O)c2cccs2)ccc1O. The summed E-state index contributed by atoms with van der Waals surface area (Å²) in [6.45, 7) is 1.67. The number of amides is 1. The standard InChI is InChI=1S/C14H13NO4S/c1-8-7-9(4-5-10(8)16)13(17)15-12(14(18)19)11-3-2-6-20-11/h2-7,12,16H,1H3,(H,15,17)(H,18,19). The number of aryl methyl sites for hydroxylation is 1. The van der Waals surface area contributed by atoms with E-state index in [1.165, 1.54) is 29.5 Å². The second-order valence-electron chi connectivity index (χ2n) is 4.26. The van der Waals surface area contributed by atoms with Gasteiger partial charge >= 0.3 is 5.97 Å². The van der Waals surface area contributed by atoms with E-state index in [2.05, 4.69) is 5.32 Å². The van der Waals surface area contributed by atoms with Crippen LogP contribution in [-0.2, 0) is 4.79 Å². The minimum atomic E-state index is -1.11. The number of carboxylic acids is 1. The number of carboxylic acid groups (broad SMARTS) is 1. The van der Waals surface area contributed by atoms with E-state index in [0.29, 0.717) is 16.0 Å². The van der Waals surface area contributed by atoms with Crippen LogP contribution in [0.2, 0.25) is 0 Å². The van der Waals surface area contributed by atoms with Gasteiger partial charge in [-0.05, 0) is 42.1 Å². The predicted octanol–water partition coefficient (Wildman–Crippen LogP) is 2.32. The Labute approximate surface area is 119 Å². The zero-order valence-electron chi connectivity index (χ0n) is 10.7. The molecule has 2 rings (SSSR count). The quantitative estimate of drug-likeness (QED) is 0.807. The molecule has 2 aromatic rings. The molecular formula is C14H13NO4S. The van der Waals surface area contributed by atoms with Crippen LogP contribution in [0.3, 0.4) is 0 Å². The smallest absolute Gasteiger partial charge is 0.331 e. The van der Waals surface area contributed by atoms with Gasteiger partial charge < -0.3 is 15.5 Å². The van der Waals surface area contributed by atoms with Gasteiger partial charge in [0.05, 0.1) is 0 Å². The van der Waals surface area contributed by atoms with Crippen molar-refractivity contribution in [2.24, 2.45) is 0 Å². The first kappa shape index (κ1) is 14.1. The van der Waals surface area contributed by atoms with E-state index in [9.17, 15) is 19.8 Å². The Kier molecular flexibility index (Phi) is 4.05. The largest absolute Gasteiger partial charge is 0.508 e. The number of hydrogen-bond donors (Lipinski definition) is 3. The number of nitrogens with one attached hydrogen (secondary N) is 1. The van der Waals surface area contributed by atoms with Gasteiger partial charge in [0.1, 0.15) is 5.75 Å². The minimum Gasteiger partial charge on any atom is -0.508 e. The molecule has 5 nitrogen and oxygen atoms in total. The zero-order chi connectivity index (χ0) is 14.7. The van der Waals surface area contributed by atoms with Crippen molar-refractivity contribution < 1.29 is 19.8 Å². The third kappa shape index (κ3) is 2.97. The van der Waals surface area contributed by atoms with E-state index in [0.717, 1.165) is 0 Å². The fourth-order valence-electron chi connectivity index (χ4n) is 1.72. The number of carbonyl (C=O) groups excluding carboxylic acids is 1. The first-order chi connectivity index (χ1) is 9.49. The number of rotatable bonds is 4. The highest BCUT2D eigenvalue weighted by Crippen LogP contribution is 2.21. The fraction of sp³-hybridized carbons (Fsp3) is 0.143. The van der Waals surface area contributed by atoms with Crippen molar-refractivity contribution in [1.29, 1.82) is 0 Å². The molecule has 104 valence electrons. The van der Waals surface area contributed by atoms with Crippen molar-refractivity contribution in [1.82, 2.24) is 5.32 Å². The van der Waals surface area contributed by atoms with Crippen LogP contribution in [0, 0.1) is 6.92 Å². The number of phenols is 1. The van der Waals surface area contributed by atoms with Crippen molar-refractivity contribution in [2.45, 2.75) is 13.0 Å². The maximum Gasteiger partial charge on any atom is 0.331 e. The van der Waals surface area contributed by atoms with E-state index < -0.39 is 17.9 Å². The first-order valence-electron chi connectivity index (χ1n) is 5.85. The molecule has 0 saturated heterocycles. The van der Waals surface area contributed by atoms with Crippen molar-refractivity contribution in [2.75, 3.05) is 0 Å². The van der Waals surface area contributed by atoms with E-state index in [1.807, 2.05) is 0 Å². The maximum atomic E-state index is 12.1. The lowest BCUT2D eigenvalue weighted by Crippen LogP contribution is -2.33. The summed E-state index contributed by atoms with van der Waals surface area (Å²) >= 11 is 1.27. The van der Waals surface area contributed by atoms with Crippen LogP contribution in [0.25, 0.3) is 0 Å². The molecule has 0 aliphatic carbocycles. The highest BCUT2D eigenvalue weighted by Gasteiger charge is 2.23. The molecule has 0 aliphatic rings. The van der Waals surface area contributed by atoms with Crippen molar-refractivity contribution in [3.8, 4) is 5.75 Å². The molecule has 0 radical (unpaired) electrons. The van der Waals surface area contributed by atoms with E-state index in [4.69, 9.17) is 0 Å². The summed E-state index contributed by atoms with van der Waals surface area (Å²) in [7, 11) is 0. The zero-order valence-corrected chi connectivity index (χ0v) is 11.5. The molecule has 1 heterocycles. The highest BCUT2D eigenvalue weighted by molar-refractivity contribution is 7.10. The van der Waals surface area contributed by atoms with Gasteiger partial charge in [-0.1, -0.05) is 6.07 Å². The van der Waals surface area contributed by atoms with Crippen molar-refractivity contribution >= 4 is 23.2 Å². The molecular weight excluding hydrogens is 278 g/mol. The lowest BCUT2D eigenvalue weighted by Gasteiger charge is -2.13. The average Bonchev–Trinajstić information content (AvgIpc) is 2.92. The first-order valence-corrected chi connectivity index (χ1v) is 6.73. The minimum absolute atomic E-state index is 0.0922. The maximum absolute atomic E-state index is 12.1. The fourth-order valence-corrected chi connectivity index (χ4v) is 2.49. The molecule has 6 heteroatoms. The van der Waals surface area contributed by atoms with Crippen LogP contribution >= 0.6 is 11.3 Å². The Morgan fingerprint density at radius 3 is 2.60 bits per heavy atom. The average molecular weight is 291 g/mol. The predicted molar refractivity (Wildman–Crippen MR) is 75.0 cm³/mol. The Morgan fingerprint density at radius 2 is 2.05 bits per heavy atom. The normalized spacial score (nSPS) is 11.8. The van der Waals surface area contributed by atoms with Gasteiger partial charge in [-0.15, -0.1) is 11.3 Å². The Hall–Kier alpha value is -2.34. The lowest BCUT2D eigenvalue weighted by molar-refractivity contribution is -0.139. The summed E-state index contributed by atoms with van der Waals surface area (Å²) in [5.41, 5.74) is 0.865. The number of benzene rings is 1. The van der Waals surface area contributed by atoms with Gasteiger partial charge in [-0.25, -0.2) is 4.79 Å². The molecule has 20 heavy (non-hydrogen) atoms. The summed E-state index contributed by atoms with van der Waals surface area (Å²) in [5, 5.41) is 22.8. The third-order valence-corrected chi connectivity index (χ3v) is 3.75. The number of hydrogen-bond acceptors (Lipinski definition) is 4. The van der Waals surface area contributed by atoms with E-state index >= 15 is 0 Å². The van der Waals surface area contributed by atoms with Crippen LogP contribution in [0.4, 0.5) is 0 Å². The second kappa shape index (κ2) is 5.75. The summed E-state index contributed by atoms with van der Waals surface area (Å²) in [4.78, 5) is 23.9. The Balaban J connectivity index is 2.20. The third-order valence-electron chi connectivity index (χ3n) is 2.81. The van der Waals surface area contributed by atoms with Crippen molar-refractivity contribution in [3.05, 3.63) is 51.7 Å². The summed E-state index contributed by atoms with van der Waals surface area (Å²) in [5.74, 6) is -1.51. The molecule has 3 N–H and O–H groups in total. The number of aliphatic carboxylic acids is 1. The number of thiophene rings is 1. The second-order valence-corrected chi connectivity index (χ2v) is 5.24. The lowest BCUT2D eigenvalue weighted by atomic mass is 10.1. The molecule has 1 aromatic heterocycles. The molecule has 1 unspecified atom stereocenters. The van der Waals surface area contributed by atoms with Gasteiger partial charge in [0.2, 0.25) is 0 Å². The van der Waals surface area contributed by atoms with E-state index in [1.54, 1.807) is 24.4 Å². The molecule has 1 atom stereocenters. The summed E-state index contributed by atoms with van der Waals surface area (Å²) in [6.07, 6.45) is 0. The van der Waals surface area contributed by atoms with Gasteiger partial charge in [-0.2, -0.15) is 0 Å². The summed E-state index contributed by atoms with van der Waals surface area (Å²) < 4.78 is 0. The molecule has 1 amide bonds. The Bertz CT molecular complexity index is 637. The molecule has 0 bridgehead atoms. The van der Waals surface area contributed by atoms with Crippen LogP contribution in [0.1, 0.15) is 26.8 Å².